The van der Waals surface area contributed by atoms with Crippen LogP contribution in [0.25, 0.3) is 0 Å². The number of hydrogen-bond acceptors (Lipinski definition) is 13. The number of aliphatic hydroxyl groups is 2. The second-order valence-corrected chi connectivity index (χ2v) is 21.5. The van der Waals surface area contributed by atoms with Gasteiger partial charge in [0.2, 0.25) is 0 Å². The van der Waals surface area contributed by atoms with E-state index >= 15 is 4.39 Å². The van der Waals surface area contributed by atoms with Crippen LogP contribution >= 0.6 is 0 Å². The quantitative estimate of drug-likeness (QED) is 0.143. The van der Waals surface area contributed by atoms with Crippen molar-refractivity contribution in [1.82, 2.24) is 4.90 Å². The van der Waals surface area contributed by atoms with Gasteiger partial charge in [-0.05, 0) is 114 Å². The molecule has 1 aromatic carbocycles. The number of ketones is 3. The number of ether oxygens (including phenoxy) is 6. The smallest absolute Gasteiger partial charge is 0.329 e. The molecule has 0 aromatic heterocycles. The van der Waals surface area contributed by atoms with Gasteiger partial charge in [0, 0.05) is 62.5 Å². The molecule has 1 saturated carbocycles. The summed E-state index contributed by atoms with van der Waals surface area (Å²) in [5, 5.41) is 22.1. The van der Waals surface area contributed by atoms with Crippen molar-refractivity contribution in [3.63, 3.8) is 0 Å². The fourth-order valence-electron chi connectivity index (χ4n) is 11.3. The number of hydrogen-bond donors (Lipinski definition) is 2. The molecule has 1 amide bonds. The van der Waals surface area contributed by atoms with Gasteiger partial charge in [0.05, 0.1) is 32.5 Å². The molecule has 3 fully saturated rings. The van der Waals surface area contributed by atoms with Gasteiger partial charge in [0.1, 0.15) is 41.6 Å². The number of alkyl halides is 1. The average Bonchev–Trinajstić information content (AvgIpc) is 3.38. The van der Waals surface area contributed by atoms with Crippen LogP contribution < -0.4 is 9.47 Å². The molecule has 1 aliphatic carbocycles. The van der Waals surface area contributed by atoms with Gasteiger partial charge in [0.15, 0.2) is 5.78 Å². The van der Waals surface area contributed by atoms with Gasteiger partial charge in [-0.3, -0.25) is 19.2 Å². The summed E-state index contributed by atoms with van der Waals surface area (Å²) in [4.78, 5) is 72.6. The lowest BCUT2D eigenvalue weighted by Crippen LogP contribution is -2.59. The minimum Gasteiger partial charge on any atom is -0.497 e. The molecule has 3 aliphatic heterocycles. The first-order valence-electron chi connectivity index (χ1n) is 26.5. The van der Waals surface area contributed by atoms with Gasteiger partial charge < -0.3 is 43.5 Å². The summed E-state index contributed by atoms with van der Waals surface area (Å²) in [5.41, 5.74) is 2.05. The largest absolute Gasteiger partial charge is 0.497 e. The fourth-order valence-corrected chi connectivity index (χ4v) is 11.3. The minimum absolute atomic E-state index is 0.0122. The van der Waals surface area contributed by atoms with E-state index in [9.17, 15) is 34.2 Å². The lowest BCUT2D eigenvalue weighted by molar-refractivity contribution is -0.229. The number of nitrogens with zero attached hydrogens (tertiary/aromatic N) is 1. The number of benzene rings is 1. The van der Waals surface area contributed by atoms with Gasteiger partial charge >= 0.3 is 5.97 Å². The molecule has 1 aromatic rings. The number of halogens is 1. The van der Waals surface area contributed by atoms with Crippen LogP contribution in [0, 0.1) is 35.5 Å². The highest BCUT2D eigenvalue weighted by Gasteiger charge is 2.55. The van der Waals surface area contributed by atoms with Crippen molar-refractivity contribution in [2.45, 2.75) is 180 Å². The van der Waals surface area contributed by atoms with Crippen LogP contribution in [-0.4, -0.2) is 128 Å². The molecular formula is C58H84FNO13. The van der Waals surface area contributed by atoms with Crippen molar-refractivity contribution in [3.05, 3.63) is 71.4 Å². The molecule has 0 unspecified atom stereocenters. The number of esters is 1. The number of carbonyl (C=O) groups excluding carboxylic acids is 5. The topological polar surface area (TPSA) is 184 Å². The summed E-state index contributed by atoms with van der Waals surface area (Å²) in [6.45, 7) is 12.5. The highest BCUT2D eigenvalue weighted by atomic mass is 19.2. The summed E-state index contributed by atoms with van der Waals surface area (Å²) >= 11 is 0. The number of piperidine rings is 1. The Hall–Kier alpha value is -4.54. The fraction of sp³-hybridized carbons (Fsp3) is 0.672. The molecule has 0 radical (unpaired) electrons. The van der Waals surface area contributed by atoms with Crippen LogP contribution in [0.5, 0.6) is 11.5 Å². The van der Waals surface area contributed by atoms with Crippen LogP contribution in [0.3, 0.4) is 0 Å². The van der Waals surface area contributed by atoms with Crippen LogP contribution in [0.2, 0.25) is 0 Å². The molecule has 0 spiro atoms. The Labute approximate surface area is 433 Å². The zero-order valence-electron chi connectivity index (χ0n) is 45.2. The molecule has 5 rings (SSSR count). The summed E-state index contributed by atoms with van der Waals surface area (Å²) in [6, 6.07) is 4.26. The lowest BCUT2D eigenvalue weighted by Gasteiger charge is -2.41. The number of fused-ring (bicyclic) bond motifs is 3. The van der Waals surface area contributed by atoms with Gasteiger partial charge in [0.25, 0.3) is 17.5 Å². The van der Waals surface area contributed by atoms with Crippen LogP contribution in [-0.2, 0) is 42.9 Å². The standard InChI is InChI=1S/C58H84FNO13/c1-34-17-13-12-14-18-35(2)45(44-24-23-42(68-8)32-50(44)69-9)31-43-22-20-40(7)58(59,73-43)55(65)56(66)60-26-16-15-19-46(60)57(67)72-49(37(4)29-41-21-25-47(61)51(30-41)70-10)33-48(62)36(3)28-39(6)53(64)54(71-11)52(63)38(5)27-34/h12-14,17-18,23-24,28,32,34,36-38,40-41,43,45-47,49,51,53-54,61,64H,15-16,19-22,25-27,29-31,33H2,1-11H3/b14-12+,17-13-,35-18+,39-28+/t34-,36-,37-,38-,40-,41-,43+,45+,46+,47-,49+,51-,53-,54+,58-/m1/s1. The van der Waals surface area contributed by atoms with Crippen molar-refractivity contribution in [3.8, 4) is 11.5 Å². The molecule has 15 atom stereocenters. The maximum Gasteiger partial charge on any atom is 0.329 e. The summed E-state index contributed by atoms with van der Waals surface area (Å²) in [5.74, 6) is -8.68. The Morgan fingerprint density at radius 2 is 1.59 bits per heavy atom. The van der Waals surface area contributed by atoms with E-state index in [0.717, 1.165) is 16.0 Å². The molecule has 2 N–H and O–H groups in total. The molecule has 2 bridgehead atoms. The maximum absolute atomic E-state index is 17.6. The number of Topliss-reactive ketones (excluding diaryl/α,β-unsaturated/α-hetero) is 3. The first-order valence-corrected chi connectivity index (χ1v) is 26.5. The van der Waals surface area contributed by atoms with Crippen LogP contribution in [0.15, 0.2) is 65.8 Å². The van der Waals surface area contributed by atoms with E-state index in [-0.39, 0.29) is 73.6 Å². The maximum atomic E-state index is 17.6. The third-order valence-corrected chi connectivity index (χ3v) is 16.0. The second kappa shape index (κ2) is 27.3. The highest BCUT2D eigenvalue weighted by molar-refractivity contribution is 6.39. The van der Waals surface area contributed by atoms with E-state index in [1.54, 1.807) is 54.2 Å². The predicted octanol–water partition coefficient (Wildman–Crippen LogP) is 8.94. The van der Waals surface area contributed by atoms with Gasteiger partial charge in [-0.15, -0.1) is 0 Å². The summed E-state index contributed by atoms with van der Waals surface area (Å²) in [7, 11) is 6.05. The van der Waals surface area contributed by atoms with E-state index in [4.69, 9.17) is 28.4 Å². The minimum atomic E-state index is -2.99. The first-order chi connectivity index (χ1) is 34.7. The van der Waals surface area contributed by atoms with E-state index in [0.29, 0.717) is 68.4 Å². The molecular weight excluding hydrogens is 938 g/mol. The molecule has 3 heterocycles. The number of aliphatic hydroxyl groups excluding tert-OH is 2. The molecule has 15 heteroatoms. The van der Waals surface area contributed by atoms with E-state index in [1.807, 2.05) is 70.2 Å². The number of methoxy groups -OCH3 is 4. The molecule has 14 nitrogen and oxygen atoms in total. The van der Waals surface area contributed by atoms with E-state index < -0.39 is 77.8 Å². The summed E-state index contributed by atoms with van der Waals surface area (Å²) in [6.07, 6.45) is 10.7. The zero-order chi connectivity index (χ0) is 53.7. The Kier molecular flexibility index (Phi) is 22.2. The lowest BCUT2D eigenvalue weighted by atomic mass is 9.78. The van der Waals surface area contributed by atoms with Gasteiger partial charge in [-0.2, -0.15) is 0 Å². The van der Waals surface area contributed by atoms with Crippen molar-refractivity contribution in [1.29, 1.82) is 0 Å². The van der Waals surface area contributed by atoms with Crippen molar-refractivity contribution in [2.75, 3.05) is 35.0 Å². The molecule has 4 aliphatic rings. The number of amides is 1. The van der Waals surface area contributed by atoms with E-state index in [1.165, 1.54) is 7.11 Å². The Morgan fingerprint density at radius 3 is 2.27 bits per heavy atom. The van der Waals surface area contributed by atoms with Crippen LogP contribution in [0.1, 0.15) is 137 Å². The van der Waals surface area contributed by atoms with Gasteiger partial charge in [-0.1, -0.05) is 82.7 Å². The highest BCUT2D eigenvalue weighted by Crippen LogP contribution is 2.44. The van der Waals surface area contributed by atoms with Crippen molar-refractivity contribution < 1.29 is 67.0 Å². The SMILES string of the molecule is COc1ccc([C@H]2C[C@@H]3CC[C@@H](C)[C@@](F)(O3)C(=O)C(=O)N3CCCC[C@H]3C(=O)O[C@H]([C@H](C)C[C@H]3CC[C@@H](O)[C@H](OC)C3)CC(=O)[C@H](C)/C=C(\C)[C@@H](O)[C@@H](OC)C(=O)[C@H](C)C[C@H](C)\C=C/C=C/C=C/2C)c(OC)c1. The molecule has 406 valence electrons. The van der Waals surface area contributed by atoms with Crippen molar-refractivity contribution in [2.24, 2.45) is 35.5 Å². The van der Waals surface area contributed by atoms with Gasteiger partial charge in [-0.25, -0.2) is 9.18 Å². The Morgan fingerprint density at radius 1 is 0.849 bits per heavy atom. The first kappa shape index (κ1) is 59.3. The normalized spacial score (nSPS) is 37.2. The van der Waals surface area contributed by atoms with Crippen molar-refractivity contribution >= 4 is 29.2 Å². The Bertz CT molecular complexity index is 2190. The number of carbonyl (C=O) groups is 5. The number of allylic oxidation sites excluding steroid dienone is 7. The Balaban J connectivity index is 1.53. The van der Waals surface area contributed by atoms with Crippen LogP contribution in [0.4, 0.5) is 4.39 Å². The molecule has 2 saturated heterocycles. The average molecular weight is 1020 g/mol. The zero-order valence-corrected chi connectivity index (χ0v) is 45.2. The third kappa shape index (κ3) is 15.1. The number of cyclic esters (lactones) is 1. The van der Waals surface area contributed by atoms with E-state index in [2.05, 4.69) is 0 Å². The predicted molar refractivity (Wildman–Crippen MR) is 276 cm³/mol. The second-order valence-electron chi connectivity index (χ2n) is 21.5. The number of rotatable bonds is 8. The molecule has 73 heavy (non-hydrogen) atoms. The monoisotopic (exact) mass is 1020 g/mol. The summed E-state index contributed by atoms with van der Waals surface area (Å²) < 4.78 is 52.6. The third-order valence-electron chi connectivity index (χ3n) is 16.0.